The van der Waals surface area contributed by atoms with E-state index in [1.807, 2.05) is 12.2 Å². The SMILES string of the molecule is CCOC(=O)c1cc(C2=CC=CC2)nn1C[C@H]1CO1. The van der Waals surface area contributed by atoms with Gasteiger partial charge in [-0.15, -0.1) is 0 Å². The highest BCUT2D eigenvalue weighted by Crippen LogP contribution is 2.24. The highest BCUT2D eigenvalue weighted by Gasteiger charge is 2.27. The van der Waals surface area contributed by atoms with Crippen molar-refractivity contribution in [2.75, 3.05) is 13.2 Å². The second kappa shape index (κ2) is 5.01. The third kappa shape index (κ3) is 2.61. The Kier molecular flexibility index (Phi) is 3.21. The molecule has 2 heterocycles. The first-order valence-corrected chi connectivity index (χ1v) is 6.50. The van der Waals surface area contributed by atoms with Gasteiger partial charge >= 0.3 is 5.97 Å². The van der Waals surface area contributed by atoms with Crippen molar-refractivity contribution in [2.45, 2.75) is 26.0 Å². The zero-order valence-corrected chi connectivity index (χ0v) is 10.8. The van der Waals surface area contributed by atoms with Crippen molar-refractivity contribution in [3.05, 3.63) is 35.7 Å². The Morgan fingerprint density at radius 2 is 2.47 bits per heavy atom. The first kappa shape index (κ1) is 12.2. The normalized spacial score (nSPS) is 20.5. The van der Waals surface area contributed by atoms with Gasteiger partial charge < -0.3 is 9.47 Å². The zero-order valence-electron chi connectivity index (χ0n) is 10.8. The minimum Gasteiger partial charge on any atom is -0.461 e. The predicted octanol–water partition coefficient (Wildman–Crippen LogP) is 1.80. The Morgan fingerprint density at radius 3 is 3.11 bits per heavy atom. The first-order chi connectivity index (χ1) is 9.28. The monoisotopic (exact) mass is 260 g/mol. The lowest BCUT2D eigenvalue weighted by molar-refractivity contribution is 0.0511. The average molecular weight is 260 g/mol. The van der Waals surface area contributed by atoms with Crippen LogP contribution in [0.5, 0.6) is 0 Å². The standard InChI is InChI=1S/C14H16N2O3/c1-2-18-14(17)13-7-12(10-5-3-4-6-10)15-16(13)8-11-9-19-11/h3-5,7,11H,2,6,8-9H2,1H3/t11-/m0/s1. The molecule has 1 saturated heterocycles. The molecule has 1 aliphatic carbocycles. The van der Waals surface area contributed by atoms with E-state index in [1.165, 1.54) is 0 Å². The molecule has 0 radical (unpaired) electrons. The molecule has 0 aromatic carbocycles. The molecule has 0 bridgehead atoms. The minimum atomic E-state index is -0.326. The van der Waals surface area contributed by atoms with Crippen molar-refractivity contribution < 1.29 is 14.3 Å². The molecule has 5 heteroatoms. The molecule has 0 N–H and O–H groups in total. The maximum Gasteiger partial charge on any atom is 0.356 e. The number of nitrogens with zero attached hydrogens (tertiary/aromatic N) is 2. The highest BCUT2D eigenvalue weighted by molar-refractivity contribution is 5.89. The molecular weight excluding hydrogens is 244 g/mol. The molecule has 1 fully saturated rings. The maximum absolute atomic E-state index is 11.9. The minimum absolute atomic E-state index is 0.177. The molecule has 0 amide bonds. The summed E-state index contributed by atoms with van der Waals surface area (Å²) in [7, 11) is 0. The Morgan fingerprint density at radius 1 is 1.63 bits per heavy atom. The molecular formula is C14H16N2O3. The quantitative estimate of drug-likeness (QED) is 0.598. The molecule has 1 aromatic heterocycles. The van der Waals surface area contributed by atoms with Gasteiger partial charge in [-0.1, -0.05) is 18.2 Å². The van der Waals surface area contributed by atoms with Crippen LogP contribution in [-0.2, 0) is 16.0 Å². The van der Waals surface area contributed by atoms with Crippen LogP contribution in [0.15, 0.2) is 24.3 Å². The van der Waals surface area contributed by atoms with E-state index in [0.717, 1.165) is 24.3 Å². The number of hydrogen-bond donors (Lipinski definition) is 0. The lowest BCUT2D eigenvalue weighted by atomic mass is 10.1. The predicted molar refractivity (Wildman–Crippen MR) is 69.7 cm³/mol. The van der Waals surface area contributed by atoms with Crippen LogP contribution in [0.4, 0.5) is 0 Å². The summed E-state index contributed by atoms with van der Waals surface area (Å²) in [6, 6.07) is 1.80. The van der Waals surface area contributed by atoms with Gasteiger partial charge in [0.15, 0.2) is 0 Å². The van der Waals surface area contributed by atoms with Crippen LogP contribution in [0.1, 0.15) is 29.5 Å². The summed E-state index contributed by atoms with van der Waals surface area (Å²) in [5, 5.41) is 4.50. The van der Waals surface area contributed by atoms with Crippen molar-refractivity contribution in [1.82, 2.24) is 9.78 Å². The number of aromatic nitrogens is 2. The molecule has 19 heavy (non-hydrogen) atoms. The summed E-state index contributed by atoms with van der Waals surface area (Å²) in [6.07, 6.45) is 7.13. The molecule has 3 rings (SSSR count). The second-order valence-electron chi connectivity index (χ2n) is 4.60. The van der Waals surface area contributed by atoms with Crippen LogP contribution < -0.4 is 0 Å². The smallest absolute Gasteiger partial charge is 0.356 e. The summed E-state index contributed by atoms with van der Waals surface area (Å²) in [5.74, 6) is -0.326. The molecule has 0 unspecified atom stereocenters. The Hall–Kier alpha value is -1.88. The van der Waals surface area contributed by atoms with Gasteiger partial charge in [0.25, 0.3) is 0 Å². The summed E-state index contributed by atoms with van der Waals surface area (Å²) in [5.41, 5.74) is 2.47. The van der Waals surface area contributed by atoms with Gasteiger partial charge in [-0.2, -0.15) is 5.10 Å². The molecule has 1 aromatic rings. The molecule has 0 saturated carbocycles. The fraction of sp³-hybridized carbons (Fsp3) is 0.429. The van der Waals surface area contributed by atoms with Gasteiger partial charge in [0.2, 0.25) is 0 Å². The van der Waals surface area contributed by atoms with E-state index in [1.54, 1.807) is 17.7 Å². The van der Waals surface area contributed by atoms with E-state index in [-0.39, 0.29) is 12.1 Å². The van der Waals surface area contributed by atoms with E-state index in [9.17, 15) is 4.79 Å². The van der Waals surface area contributed by atoms with Crippen molar-refractivity contribution in [3.63, 3.8) is 0 Å². The second-order valence-corrected chi connectivity index (χ2v) is 4.60. The zero-order chi connectivity index (χ0) is 13.2. The van der Waals surface area contributed by atoms with Gasteiger partial charge in [-0.05, 0) is 25.0 Å². The van der Waals surface area contributed by atoms with Gasteiger partial charge in [-0.25, -0.2) is 4.79 Å². The third-order valence-electron chi connectivity index (χ3n) is 3.14. The fourth-order valence-electron chi connectivity index (χ4n) is 2.09. The molecule has 5 nitrogen and oxygen atoms in total. The number of allylic oxidation sites excluding steroid dienone is 4. The van der Waals surface area contributed by atoms with E-state index >= 15 is 0 Å². The Bertz CT molecular complexity index is 553. The van der Waals surface area contributed by atoms with Crippen LogP contribution in [0.2, 0.25) is 0 Å². The Labute approximate surface area is 111 Å². The van der Waals surface area contributed by atoms with Crippen molar-refractivity contribution in [1.29, 1.82) is 0 Å². The summed E-state index contributed by atoms with van der Waals surface area (Å²) in [4.78, 5) is 11.9. The summed E-state index contributed by atoms with van der Waals surface area (Å²) in [6.45, 7) is 3.51. The number of esters is 1. The van der Waals surface area contributed by atoms with Crippen LogP contribution in [0.3, 0.4) is 0 Å². The van der Waals surface area contributed by atoms with E-state index < -0.39 is 0 Å². The van der Waals surface area contributed by atoms with E-state index in [4.69, 9.17) is 9.47 Å². The topological polar surface area (TPSA) is 56.6 Å². The van der Waals surface area contributed by atoms with Gasteiger partial charge in [0.1, 0.15) is 11.8 Å². The number of carbonyl (C=O) groups excluding carboxylic acids is 1. The van der Waals surface area contributed by atoms with Gasteiger partial charge in [0, 0.05) is 0 Å². The van der Waals surface area contributed by atoms with Crippen molar-refractivity contribution >= 4 is 11.5 Å². The van der Waals surface area contributed by atoms with Gasteiger partial charge in [-0.3, -0.25) is 4.68 Å². The van der Waals surface area contributed by atoms with Crippen molar-refractivity contribution in [2.24, 2.45) is 0 Å². The fourth-order valence-corrected chi connectivity index (χ4v) is 2.09. The molecule has 0 spiro atoms. The molecule has 1 aliphatic heterocycles. The summed E-state index contributed by atoms with van der Waals surface area (Å²) < 4.78 is 12.0. The van der Waals surface area contributed by atoms with Crippen LogP contribution in [0, 0.1) is 0 Å². The van der Waals surface area contributed by atoms with Crippen LogP contribution in [0.25, 0.3) is 5.57 Å². The van der Waals surface area contributed by atoms with Crippen LogP contribution >= 0.6 is 0 Å². The molecule has 1 atom stereocenters. The number of hydrogen-bond acceptors (Lipinski definition) is 4. The van der Waals surface area contributed by atoms with Crippen LogP contribution in [-0.4, -0.2) is 35.1 Å². The number of rotatable bonds is 5. The highest BCUT2D eigenvalue weighted by atomic mass is 16.6. The van der Waals surface area contributed by atoms with E-state index in [0.29, 0.717) is 18.8 Å². The number of ether oxygens (including phenoxy) is 2. The number of carbonyl (C=O) groups is 1. The largest absolute Gasteiger partial charge is 0.461 e. The lowest BCUT2D eigenvalue weighted by Gasteiger charge is -2.04. The van der Waals surface area contributed by atoms with Crippen molar-refractivity contribution in [3.8, 4) is 0 Å². The summed E-state index contributed by atoms with van der Waals surface area (Å²) >= 11 is 0. The molecule has 100 valence electrons. The van der Waals surface area contributed by atoms with E-state index in [2.05, 4.69) is 11.2 Å². The maximum atomic E-state index is 11.9. The first-order valence-electron chi connectivity index (χ1n) is 6.50. The molecule has 2 aliphatic rings. The third-order valence-corrected chi connectivity index (χ3v) is 3.14. The lowest BCUT2D eigenvalue weighted by Crippen LogP contribution is -2.15. The Balaban J connectivity index is 1.88. The van der Waals surface area contributed by atoms with Gasteiger partial charge in [0.05, 0.1) is 25.5 Å². The number of epoxide rings is 1. The average Bonchev–Trinajstić information content (AvgIpc) is 2.92.